The van der Waals surface area contributed by atoms with Crippen molar-refractivity contribution in [1.82, 2.24) is 9.78 Å². The van der Waals surface area contributed by atoms with Crippen molar-refractivity contribution in [3.05, 3.63) is 105 Å². The molecule has 0 saturated carbocycles. The van der Waals surface area contributed by atoms with Crippen LogP contribution >= 0.6 is 11.6 Å². The van der Waals surface area contributed by atoms with E-state index in [2.05, 4.69) is 10.4 Å². The number of hydrogen-bond donors (Lipinski definition) is 1. The molecule has 0 aliphatic heterocycles. The molecule has 0 radical (unpaired) electrons. The molecule has 4 rings (SSSR count). The lowest BCUT2D eigenvalue weighted by molar-refractivity contribution is 0.102. The number of nitrogens with zero attached hydrogens (tertiary/aromatic N) is 2. The van der Waals surface area contributed by atoms with Crippen LogP contribution in [0.15, 0.2) is 83.7 Å². The number of fused-ring (bicyclic) bond motifs is 1. The Morgan fingerprint density at radius 1 is 0.893 bits per heavy atom. The molecule has 1 N–H and O–H groups in total. The Morgan fingerprint density at radius 3 is 2.29 bits per heavy atom. The first kappa shape index (κ1) is 17.9. The van der Waals surface area contributed by atoms with Crippen molar-refractivity contribution in [1.29, 1.82) is 0 Å². The standard InChI is InChI=1S/C22H16ClN3O2/c23-18-12-6-7-13-19(18)24-21(27)20-16-10-4-5-11-17(16)22(28)26(25-20)14-15-8-2-1-3-9-15/h1-13H,14H2,(H,24,27). The summed E-state index contributed by atoms with van der Waals surface area (Å²) in [5.74, 6) is -0.425. The van der Waals surface area contributed by atoms with Gasteiger partial charge in [0, 0.05) is 5.39 Å². The molecule has 0 aliphatic rings. The number of rotatable bonds is 4. The number of hydrogen-bond acceptors (Lipinski definition) is 3. The highest BCUT2D eigenvalue weighted by Gasteiger charge is 2.17. The van der Waals surface area contributed by atoms with Crippen LogP contribution in [0.4, 0.5) is 5.69 Å². The molecule has 28 heavy (non-hydrogen) atoms. The van der Waals surface area contributed by atoms with Crippen molar-refractivity contribution in [2.45, 2.75) is 6.54 Å². The summed E-state index contributed by atoms with van der Waals surface area (Å²) in [5, 5.41) is 8.52. The van der Waals surface area contributed by atoms with Crippen LogP contribution in [-0.4, -0.2) is 15.7 Å². The summed E-state index contributed by atoms with van der Waals surface area (Å²) in [5.41, 5.74) is 1.34. The molecule has 0 bridgehead atoms. The molecule has 6 heteroatoms. The van der Waals surface area contributed by atoms with Crippen LogP contribution in [0.5, 0.6) is 0 Å². The van der Waals surface area contributed by atoms with Gasteiger partial charge in [-0.15, -0.1) is 0 Å². The predicted molar refractivity (Wildman–Crippen MR) is 111 cm³/mol. The molecule has 1 heterocycles. The molecule has 3 aromatic carbocycles. The molecule has 1 amide bonds. The van der Waals surface area contributed by atoms with Crippen molar-refractivity contribution < 1.29 is 4.79 Å². The van der Waals surface area contributed by atoms with Crippen LogP contribution in [0.25, 0.3) is 10.8 Å². The fraction of sp³-hybridized carbons (Fsp3) is 0.0455. The molecule has 5 nitrogen and oxygen atoms in total. The van der Waals surface area contributed by atoms with Crippen LogP contribution < -0.4 is 10.9 Å². The summed E-state index contributed by atoms with van der Waals surface area (Å²) in [6, 6.07) is 23.5. The third-order valence-corrected chi connectivity index (χ3v) is 4.71. The number of carbonyl (C=O) groups is 1. The van der Waals surface area contributed by atoms with Gasteiger partial charge in [-0.1, -0.05) is 72.3 Å². The highest BCUT2D eigenvalue weighted by molar-refractivity contribution is 6.34. The number of para-hydroxylation sites is 1. The molecular weight excluding hydrogens is 374 g/mol. The van der Waals surface area contributed by atoms with E-state index in [4.69, 9.17) is 11.6 Å². The first-order valence-corrected chi connectivity index (χ1v) is 9.11. The van der Waals surface area contributed by atoms with Crippen LogP contribution in [0.3, 0.4) is 0 Å². The van der Waals surface area contributed by atoms with Crippen molar-refractivity contribution in [3.63, 3.8) is 0 Å². The Hall–Kier alpha value is -3.44. The average molecular weight is 390 g/mol. The lowest BCUT2D eigenvalue weighted by atomic mass is 10.1. The van der Waals surface area contributed by atoms with Crippen LogP contribution in [0.2, 0.25) is 5.02 Å². The Balaban J connectivity index is 1.81. The normalized spacial score (nSPS) is 10.8. The van der Waals surface area contributed by atoms with E-state index < -0.39 is 5.91 Å². The van der Waals surface area contributed by atoms with Gasteiger partial charge in [-0.2, -0.15) is 5.10 Å². The summed E-state index contributed by atoms with van der Waals surface area (Å²) >= 11 is 6.15. The Bertz CT molecular complexity index is 1220. The summed E-state index contributed by atoms with van der Waals surface area (Å²) in [6.45, 7) is 0.275. The van der Waals surface area contributed by atoms with E-state index >= 15 is 0 Å². The minimum absolute atomic E-state index is 0.172. The Labute approximate surface area is 166 Å². The molecule has 4 aromatic rings. The maximum Gasteiger partial charge on any atom is 0.276 e. The molecule has 1 aromatic heterocycles. The number of carbonyl (C=O) groups excluding carboxylic acids is 1. The fourth-order valence-corrected chi connectivity index (χ4v) is 3.19. The van der Waals surface area contributed by atoms with E-state index in [1.165, 1.54) is 4.68 Å². The molecule has 0 atom stereocenters. The lowest BCUT2D eigenvalue weighted by Gasteiger charge is -2.12. The van der Waals surface area contributed by atoms with Gasteiger partial charge < -0.3 is 5.32 Å². The third kappa shape index (κ3) is 3.52. The number of anilines is 1. The lowest BCUT2D eigenvalue weighted by Crippen LogP contribution is -2.28. The number of benzene rings is 3. The van der Waals surface area contributed by atoms with Crippen molar-refractivity contribution in [2.24, 2.45) is 0 Å². The van der Waals surface area contributed by atoms with Crippen LogP contribution in [0, 0.1) is 0 Å². The zero-order valence-corrected chi connectivity index (χ0v) is 15.6. The number of halogens is 1. The highest BCUT2D eigenvalue weighted by Crippen LogP contribution is 2.22. The van der Waals surface area contributed by atoms with E-state index in [1.807, 2.05) is 30.3 Å². The van der Waals surface area contributed by atoms with Gasteiger partial charge in [0.15, 0.2) is 5.69 Å². The van der Waals surface area contributed by atoms with Gasteiger partial charge in [0.2, 0.25) is 0 Å². The van der Waals surface area contributed by atoms with Crippen LogP contribution in [0.1, 0.15) is 16.1 Å². The number of amides is 1. The quantitative estimate of drug-likeness (QED) is 0.564. The van der Waals surface area contributed by atoms with Crippen molar-refractivity contribution in [3.8, 4) is 0 Å². The molecular formula is C22H16ClN3O2. The minimum atomic E-state index is -0.425. The highest BCUT2D eigenvalue weighted by atomic mass is 35.5. The second-order valence-electron chi connectivity index (χ2n) is 6.28. The Kier molecular flexibility index (Phi) is 4.91. The van der Waals surface area contributed by atoms with Crippen molar-refractivity contribution >= 4 is 34.0 Å². The maximum absolute atomic E-state index is 12.9. The first-order valence-electron chi connectivity index (χ1n) is 8.73. The van der Waals surface area contributed by atoms with E-state index in [0.29, 0.717) is 21.5 Å². The average Bonchev–Trinajstić information content (AvgIpc) is 2.72. The molecule has 138 valence electrons. The third-order valence-electron chi connectivity index (χ3n) is 4.38. The molecule has 0 fully saturated rings. The van der Waals surface area contributed by atoms with Gasteiger partial charge in [-0.3, -0.25) is 9.59 Å². The largest absolute Gasteiger partial charge is 0.319 e. The Morgan fingerprint density at radius 2 is 1.54 bits per heavy atom. The van der Waals surface area contributed by atoms with Gasteiger partial charge in [0.05, 0.1) is 22.6 Å². The summed E-state index contributed by atoms with van der Waals surface area (Å²) in [4.78, 5) is 25.8. The monoisotopic (exact) mass is 389 g/mol. The smallest absolute Gasteiger partial charge is 0.276 e. The second kappa shape index (κ2) is 7.66. The molecule has 0 spiro atoms. The SMILES string of the molecule is O=C(Nc1ccccc1Cl)c1nn(Cc2ccccc2)c(=O)c2ccccc12. The molecule has 0 aliphatic carbocycles. The number of aromatic nitrogens is 2. The van der Waals surface area contributed by atoms with Crippen molar-refractivity contribution in [2.75, 3.05) is 5.32 Å². The number of nitrogens with one attached hydrogen (secondary N) is 1. The zero-order chi connectivity index (χ0) is 19.5. The summed E-state index contributed by atoms with van der Waals surface area (Å²) < 4.78 is 1.32. The van der Waals surface area contributed by atoms with Gasteiger partial charge in [-0.05, 0) is 23.8 Å². The van der Waals surface area contributed by atoms with Gasteiger partial charge in [0.1, 0.15) is 0 Å². The fourth-order valence-electron chi connectivity index (χ4n) is 3.01. The maximum atomic E-state index is 12.9. The predicted octanol–water partition coefficient (Wildman–Crippen LogP) is 4.35. The molecule has 0 saturated heterocycles. The second-order valence-corrected chi connectivity index (χ2v) is 6.68. The van der Waals surface area contributed by atoms with E-state index in [-0.39, 0.29) is 17.8 Å². The van der Waals surface area contributed by atoms with Gasteiger partial charge in [-0.25, -0.2) is 4.68 Å². The van der Waals surface area contributed by atoms with E-state index in [1.54, 1.807) is 48.5 Å². The summed E-state index contributed by atoms with van der Waals surface area (Å²) in [6.07, 6.45) is 0. The summed E-state index contributed by atoms with van der Waals surface area (Å²) in [7, 11) is 0. The first-order chi connectivity index (χ1) is 13.6. The zero-order valence-electron chi connectivity index (χ0n) is 14.8. The van der Waals surface area contributed by atoms with E-state index in [9.17, 15) is 9.59 Å². The minimum Gasteiger partial charge on any atom is -0.319 e. The van der Waals surface area contributed by atoms with Gasteiger partial charge in [0.25, 0.3) is 11.5 Å². The topological polar surface area (TPSA) is 64.0 Å². The van der Waals surface area contributed by atoms with Crippen LogP contribution in [-0.2, 0) is 6.54 Å². The van der Waals surface area contributed by atoms with E-state index in [0.717, 1.165) is 5.56 Å². The van der Waals surface area contributed by atoms with Gasteiger partial charge >= 0.3 is 0 Å². The molecule has 0 unspecified atom stereocenters.